The summed E-state index contributed by atoms with van der Waals surface area (Å²) in [5.41, 5.74) is 1.01. The van der Waals surface area contributed by atoms with Crippen LogP contribution in [-0.2, 0) is 0 Å². The smallest absolute Gasteiger partial charge is 0.172 e. The minimum Gasteiger partial charge on any atom is -0.305 e. The van der Waals surface area contributed by atoms with Crippen molar-refractivity contribution in [1.82, 2.24) is 9.71 Å². The zero-order chi connectivity index (χ0) is 9.10. The third kappa shape index (κ3) is 1.97. The zero-order valence-corrected chi connectivity index (χ0v) is 8.78. The summed E-state index contributed by atoms with van der Waals surface area (Å²) in [5, 5.41) is 0.978. The Balaban J connectivity index is 2.28. The van der Waals surface area contributed by atoms with E-state index in [2.05, 4.69) is 21.6 Å². The fourth-order valence-corrected chi connectivity index (χ4v) is 2.34. The first-order valence-corrected chi connectivity index (χ1v) is 5.78. The maximum atomic E-state index is 4.44. The standard InChI is InChI=1S/C8H9N3S2/c1-2-12-8-10-6-3-4-9-5-7(6)13-11-8/h3-5H,2H2,1H3,(H,10,11). The highest BCUT2D eigenvalue weighted by Gasteiger charge is 2.10. The Morgan fingerprint density at radius 3 is 3.38 bits per heavy atom. The number of aliphatic imine (C=N–C) groups is 1. The quantitative estimate of drug-likeness (QED) is 0.724. The number of thioether (sulfide) groups is 1. The molecule has 1 aromatic rings. The maximum Gasteiger partial charge on any atom is 0.172 e. The number of amidine groups is 1. The predicted molar refractivity (Wildman–Crippen MR) is 58.5 cm³/mol. The van der Waals surface area contributed by atoms with Crippen LogP contribution in [-0.4, -0.2) is 15.9 Å². The highest BCUT2D eigenvalue weighted by Crippen LogP contribution is 2.31. The molecule has 0 aromatic carbocycles. The van der Waals surface area contributed by atoms with Crippen LogP contribution in [0, 0.1) is 0 Å². The second-order valence-corrected chi connectivity index (χ2v) is 4.50. The summed E-state index contributed by atoms with van der Waals surface area (Å²) in [4.78, 5) is 9.56. The van der Waals surface area contributed by atoms with E-state index < -0.39 is 0 Å². The Bertz CT molecular complexity index is 338. The molecule has 0 amide bonds. The lowest BCUT2D eigenvalue weighted by Gasteiger charge is -2.14. The fourth-order valence-electron chi connectivity index (χ4n) is 0.973. The van der Waals surface area contributed by atoms with Crippen LogP contribution in [0.5, 0.6) is 0 Å². The van der Waals surface area contributed by atoms with Gasteiger partial charge < -0.3 is 4.72 Å². The minimum atomic E-state index is 0.978. The lowest BCUT2D eigenvalue weighted by atomic mass is 10.4. The first kappa shape index (κ1) is 8.90. The van der Waals surface area contributed by atoms with Crippen LogP contribution < -0.4 is 4.72 Å². The molecule has 0 bridgehead atoms. The van der Waals surface area contributed by atoms with E-state index in [9.17, 15) is 0 Å². The van der Waals surface area contributed by atoms with Crippen molar-refractivity contribution in [3.8, 4) is 0 Å². The van der Waals surface area contributed by atoms with Crippen molar-refractivity contribution in [2.75, 3.05) is 5.75 Å². The van der Waals surface area contributed by atoms with E-state index in [-0.39, 0.29) is 0 Å². The SMILES string of the molecule is CCSC1=Nc2ccncc2SN1. The van der Waals surface area contributed by atoms with E-state index in [0.717, 1.165) is 21.5 Å². The summed E-state index contributed by atoms with van der Waals surface area (Å²) >= 11 is 3.29. The number of rotatable bonds is 1. The van der Waals surface area contributed by atoms with Gasteiger partial charge in [-0.15, -0.1) is 0 Å². The molecule has 0 unspecified atom stereocenters. The first-order chi connectivity index (χ1) is 6.40. The monoisotopic (exact) mass is 211 g/mol. The van der Waals surface area contributed by atoms with Gasteiger partial charge in [0.05, 0.1) is 10.6 Å². The Hall–Kier alpha value is -0.680. The number of hydrogen-bond acceptors (Lipinski definition) is 5. The van der Waals surface area contributed by atoms with E-state index in [0.29, 0.717) is 0 Å². The van der Waals surface area contributed by atoms with Crippen LogP contribution in [0.15, 0.2) is 28.3 Å². The van der Waals surface area contributed by atoms with Crippen molar-refractivity contribution < 1.29 is 0 Å². The molecule has 0 saturated carbocycles. The van der Waals surface area contributed by atoms with Crippen LogP contribution in [0.2, 0.25) is 0 Å². The Morgan fingerprint density at radius 2 is 2.54 bits per heavy atom. The molecule has 0 saturated heterocycles. The molecule has 0 aliphatic carbocycles. The maximum absolute atomic E-state index is 4.44. The molecule has 0 radical (unpaired) electrons. The van der Waals surface area contributed by atoms with Gasteiger partial charge in [-0.1, -0.05) is 18.7 Å². The second-order valence-electron chi connectivity index (χ2n) is 2.40. The molecule has 2 rings (SSSR count). The number of aromatic nitrogens is 1. The van der Waals surface area contributed by atoms with Gasteiger partial charge in [0.25, 0.3) is 0 Å². The van der Waals surface area contributed by atoms with Gasteiger partial charge >= 0.3 is 0 Å². The Labute approximate surface area is 85.6 Å². The van der Waals surface area contributed by atoms with E-state index in [1.54, 1.807) is 29.9 Å². The van der Waals surface area contributed by atoms with Crippen molar-refractivity contribution >= 4 is 34.6 Å². The molecule has 1 aromatic heterocycles. The van der Waals surface area contributed by atoms with Gasteiger partial charge in [-0.05, 0) is 23.8 Å². The topological polar surface area (TPSA) is 37.3 Å². The summed E-state index contributed by atoms with van der Waals surface area (Å²) in [7, 11) is 0. The summed E-state index contributed by atoms with van der Waals surface area (Å²) in [6, 6.07) is 1.93. The highest BCUT2D eigenvalue weighted by molar-refractivity contribution is 8.15. The molecule has 3 nitrogen and oxygen atoms in total. The number of pyridine rings is 1. The molecule has 5 heteroatoms. The number of hydrogen-bond donors (Lipinski definition) is 1. The average Bonchev–Trinajstić information content (AvgIpc) is 2.18. The summed E-state index contributed by atoms with van der Waals surface area (Å²) in [6.07, 6.45) is 3.59. The van der Waals surface area contributed by atoms with Crippen LogP contribution in [0.1, 0.15) is 6.92 Å². The van der Waals surface area contributed by atoms with Crippen molar-refractivity contribution in [2.24, 2.45) is 4.99 Å². The largest absolute Gasteiger partial charge is 0.305 e. The van der Waals surface area contributed by atoms with Gasteiger partial charge in [0.1, 0.15) is 0 Å². The molecule has 0 atom stereocenters. The number of fused-ring (bicyclic) bond motifs is 1. The van der Waals surface area contributed by atoms with Crippen LogP contribution >= 0.6 is 23.7 Å². The van der Waals surface area contributed by atoms with Crippen molar-refractivity contribution in [1.29, 1.82) is 0 Å². The lowest BCUT2D eigenvalue weighted by molar-refractivity contribution is 1.20. The molecule has 1 N–H and O–H groups in total. The Morgan fingerprint density at radius 1 is 1.62 bits per heavy atom. The molecule has 0 fully saturated rings. The molecular weight excluding hydrogens is 202 g/mol. The van der Waals surface area contributed by atoms with Gasteiger partial charge in [0, 0.05) is 12.4 Å². The van der Waals surface area contributed by atoms with E-state index in [1.807, 2.05) is 12.3 Å². The third-order valence-corrected chi connectivity index (χ3v) is 3.23. The summed E-state index contributed by atoms with van der Waals surface area (Å²) < 4.78 is 3.17. The fraction of sp³-hybridized carbons (Fsp3) is 0.250. The number of nitrogens with zero attached hydrogens (tertiary/aromatic N) is 2. The number of nitrogens with one attached hydrogen (secondary N) is 1. The van der Waals surface area contributed by atoms with Crippen LogP contribution in [0.25, 0.3) is 0 Å². The molecular formula is C8H9N3S2. The van der Waals surface area contributed by atoms with Gasteiger partial charge in [0.15, 0.2) is 5.17 Å². The summed E-state index contributed by atoms with van der Waals surface area (Å²) in [6.45, 7) is 2.11. The van der Waals surface area contributed by atoms with Gasteiger partial charge in [-0.25, -0.2) is 4.99 Å². The van der Waals surface area contributed by atoms with Crippen LogP contribution in [0.4, 0.5) is 5.69 Å². The molecule has 13 heavy (non-hydrogen) atoms. The first-order valence-electron chi connectivity index (χ1n) is 3.98. The van der Waals surface area contributed by atoms with Crippen molar-refractivity contribution in [3.63, 3.8) is 0 Å². The van der Waals surface area contributed by atoms with Gasteiger partial charge in [-0.2, -0.15) is 0 Å². The van der Waals surface area contributed by atoms with Gasteiger partial charge in [-0.3, -0.25) is 4.98 Å². The lowest BCUT2D eigenvalue weighted by Crippen LogP contribution is -2.14. The third-order valence-electron chi connectivity index (χ3n) is 1.51. The molecule has 0 spiro atoms. The Kier molecular flexibility index (Phi) is 2.75. The predicted octanol–water partition coefficient (Wildman–Crippen LogP) is 2.43. The molecule has 1 aliphatic rings. The summed E-state index contributed by atoms with van der Waals surface area (Å²) in [5.74, 6) is 1.03. The second kappa shape index (κ2) is 4.02. The van der Waals surface area contributed by atoms with Crippen LogP contribution in [0.3, 0.4) is 0 Å². The van der Waals surface area contributed by atoms with Gasteiger partial charge in [0.2, 0.25) is 0 Å². The zero-order valence-electron chi connectivity index (χ0n) is 7.15. The van der Waals surface area contributed by atoms with E-state index in [4.69, 9.17) is 0 Å². The molecule has 68 valence electrons. The molecule has 2 heterocycles. The average molecular weight is 211 g/mol. The van der Waals surface area contributed by atoms with E-state index >= 15 is 0 Å². The van der Waals surface area contributed by atoms with Crippen molar-refractivity contribution in [3.05, 3.63) is 18.5 Å². The molecule has 1 aliphatic heterocycles. The van der Waals surface area contributed by atoms with Crippen molar-refractivity contribution in [2.45, 2.75) is 11.8 Å². The van der Waals surface area contributed by atoms with E-state index in [1.165, 1.54) is 0 Å². The minimum absolute atomic E-state index is 0.978. The normalized spacial score (nSPS) is 14.4. The highest BCUT2D eigenvalue weighted by atomic mass is 32.2.